The molecule has 0 aliphatic carbocycles. The van der Waals surface area contributed by atoms with Crippen LogP contribution in [0, 0.1) is 0 Å². The number of benzene rings is 2. The molecule has 8 heteroatoms. The first-order chi connectivity index (χ1) is 13.2. The van der Waals surface area contributed by atoms with Gasteiger partial charge in [-0.3, -0.25) is 4.79 Å². The topological polar surface area (TPSA) is 98.9 Å². The lowest BCUT2D eigenvalue weighted by molar-refractivity contribution is -0.126. The lowest BCUT2D eigenvalue weighted by atomic mass is 10.1. The second-order valence-electron chi connectivity index (χ2n) is 6.22. The van der Waals surface area contributed by atoms with Gasteiger partial charge in [0.1, 0.15) is 11.5 Å². The molecule has 0 fully saturated rings. The average Bonchev–Trinajstić information content (AvgIpc) is 2.69. The summed E-state index contributed by atoms with van der Waals surface area (Å²) in [7, 11) is 0.949. The molecule has 1 amide bonds. The minimum Gasteiger partial charge on any atom is -0.497 e. The van der Waals surface area contributed by atoms with Crippen LogP contribution < -0.4 is 14.6 Å². The predicted octanol–water partition coefficient (Wildman–Crippen LogP) is 2.58. The number of carbonyl (C=O) groups is 1. The summed E-state index contributed by atoms with van der Waals surface area (Å²) in [5.74, 6) is 0.997. The fourth-order valence-corrected chi connectivity index (χ4v) is 3.15. The molecule has 2 aromatic rings. The van der Waals surface area contributed by atoms with Crippen LogP contribution in [0.25, 0.3) is 6.08 Å². The highest BCUT2D eigenvalue weighted by molar-refractivity contribution is 7.89. The van der Waals surface area contributed by atoms with Crippen LogP contribution in [0.4, 0.5) is 0 Å². The zero-order valence-electron chi connectivity index (χ0n) is 16.2. The van der Waals surface area contributed by atoms with E-state index < -0.39 is 10.0 Å². The summed E-state index contributed by atoms with van der Waals surface area (Å²) < 4.78 is 33.5. The summed E-state index contributed by atoms with van der Waals surface area (Å²) in [6, 6.07) is 11.2. The highest BCUT2D eigenvalue weighted by atomic mass is 32.2. The molecule has 1 unspecified atom stereocenters. The van der Waals surface area contributed by atoms with Crippen molar-refractivity contribution in [3.05, 3.63) is 59.7 Å². The Bertz CT molecular complexity index is 964. The van der Waals surface area contributed by atoms with E-state index in [0.717, 1.165) is 5.56 Å². The van der Waals surface area contributed by atoms with Crippen molar-refractivity contribution in [2.45, 2.75) is 17.9 Å². The maximum absolute atomic E-state index is 12.6. The number of hydrogen-bond donors (Lipinski definition) is 1. The van der Waals surface area contributed by atoms with Gasteiger partial charge in [-0.25, -0.2) is 13.6 Å². The summed E-state index contributed by atoms with van der Waals surface area (Å²) in [6.45, 7) is 1.81. The number of ether oxygens (including phenoxy) is 2. The molecule has 2 N–H and O–H groups in total. The summed E-state index contributed by atoms with van der Waals surface area (Å²) in [4.78, 5) is 14.1. The van der Waals surface area contributed by atoms with Crippen LogP contribution in [-0.2, 0) is 14.8 Å². The summed E-state index contributed by atoms with van der Waals surface area (Å²) in [6.07, 6.45) is 3.10. The third kappa shape index (κ3) is 5.34. The van der Waals surface area contributed by atoms with Gasteiger partial charge in [-0.15, -0.1) is 0 Å². The fraction of sp³-hybridized carbons (Fsp3) is 0.250. The van der Waals surface area contributed by atoms with Gasteiger partial charge in [0.2, 0.25) is 15.9 Å². The number of nitrogens with zero attached hydrogens (tertiary/aromatic N) is 1. The Morgan fingerprint density at radius 2 is 1.71 bits per heavy atom. The molecule has 2 rings (SSSR count). The zero-order chi connectivity index (χ0) is 20.9. The van der Waals surface area contributed by atoms with Gasteiger partial charge in [0, 0.05) is 19.2 Å². The zero-order valence-corrected chi connectivity index (χ0v) is 17.1. The van der Waals surface area contributed by atoms with Crippen molar-refractivity contribution >= 4 is 22.0 Å². The predicted molar refractivity (Wildman–Crippen MR) is 108 cm³/mol. The van der Waals surface area contributed by atoms with Crippen LogP contribution in [0.2, 0.25) is 0 Å². The minimum atomic E-state index is -3.81. The second-order valence-corrected chi connectivity index (χ2v) is 7.78. The smallest absolute Gasteiger partial charge is 0.246 e. The van der Waals surface area contributed by atoms with E-state index in [4.69, 9.17) is 14.6 Å². The lowest BCUT2D eigenvalue weighted by Gasteiger charge is -2.24. The third-order valence-corrected chi connectivity index (χ3v) is 5.30. The number of carbonyl (C=O) groups excluding carboxylic acids is 1. The molecule has 0 aromatic heterocycles. The van der Waals surface area contributed by atoms with E-state index in [1.165, 1.54) is 23.1 Å². The van der Waals surface area contributed by atoms with Gasteiger partial charge in [0.25, 0.3) is 0 Å². The van der Waals surface area contributed by atoms with Gasteiger partial charge in [-0.2, -0.15) is 0 Å². The fourth-order valence-electron chi connectivity index (χ4n) is 2.58. The van der Waals surface area contributed by atoms with Crippen molar-refractivity contribution in [1.29, 1.82) is 0 Å². The van der Waals surface area contributed by atoms with Crippen molar-refractivity contribution in [2.75, 3.05) is 21.3 Å². The molecule has 7 nitrogen and oxygen atoms in total. The SMILES string of the molecule is COc1cc(/C=C/C(=O)N(C)C(C)c2cccc(S(N)(=O)=O)c2)cc(OC)c1. The molecule has 150 valence electrons. The van der Waals surface area contributed by atoms with Gasteiger partial charge in [-0.1, -0.05) is 12.1 Å². The first-order valence-corrected chi connectivity index (χ1v) is 10.0. The quantitative estimate of drug-likeness (QED) is 0.715. The Labute approximate surface area is 165 Å². The lowest BCUT2D eigenvalue weighted by Crippen LogP contribution is -2.28. The van der Waals surface area contributed by atoms with E-state index in [1.807, 2.05) is 6.92 Å². The number of nitrogens with two attached hydrogens (primary N) is 1. The molecule has 28 heavy (non-hydrogen) atoms. The number of amides is 1. The van der Waals surface area contributed by atoms with Crippen LogP contribution >= 0.6 is 0 Å². The Hall–Kier alpha value is -2.84. The number of rotatable bonds is 7. The van der Waals surface area contributed by atoms with Crippen LogP contribution in [-0.4, -0.2) is 40.5 Å². The standard InChI is InChI=1S/C20H24N2O5S/c1-14(16-6-5-7-19(12-16)28(21,24)25)22(2)20(23)9-8-15-10-17(26-3)13-18(11-15)27-4/h5-14H,1-4H3,(H2,21,24,25)/b9-8+. The number of likely N-dealkylation sites (N-methyl/N-ethyl adjacent to an activating group) is 1. The number of hydrogen-bond acceptors (Lipinski definition) is 5. The highest BCUT2D eigenvalue weighted by Crippen LogP contribution is 2.24. The monoisotopic (exact) mass is 404 g/mol. The molecule has 0 bridgehead atoms. The molecular formula is C20H24N2O5S. The summed E-state index contributed by atoms with van der Waals surface area (Å²) in [5, 5.41) is 5.18. The molecule has 0 saturated carbocycles. The maximum Gasteiger partial charge on any atom is 0.246 e. The molecule has 0 spiro atoms. The van der Waals surface area contributed by atoms with Crippen molar-refractivity contribution in [1.82, 2.24) is 4.90 Å². The molecule has 0 heterocycles. The first-order valence-electron chi connectivity index (χ1n) is 8.46. The van der Waals surface area contributed by atoms with Crippen molar-refractivity contribution in [3.8, 4) is 11.5 Å². The van der Waals surface area contributed by atoms with E-state index in [2.05, 4.69) is 0 Å². The summed E-state index contributed by atoms with van der Waals surface area (Å²) >= 11 is 0. The van der Waals surface area contributed by atoms with Gasteiger partial charge < -0.3 is 14.4 Å². The molecule has 0 radical (unpaired) electrons. The van der Waals surface area contributed by atoms with Crippen LogP contribution in [0.1, 0.15) is 24.1 Å². The Morgan fingerprint density at radius 3 is 2.25 bits per heavy atom. The van der Waals surface area contributed by atoms with Crippen molar-refractivity contribution in [2.24, 2.45) is 5.14 Å². The Morgan fingerprint density at radius 1 is 1.11 bits per heavy atom. The van der Waals surface area contributed by atoms with Gasteiger partial charge in [0.05, 0.1) is 25.2 Å². The van der Waals surface area contributed by atoms with Crippen molar-refractivity contribution in [3.63, 3.8) is 0 Å². The second kappa shape index (κ2) is 8.90. The third-order valence-electron chi connectivity index (χ3n) is 4.39. The van der Waals surface area contributed by atoms with Gasteiger partial charge >= 0.3 is 0 Å². The normalized spacial score (nSPS) is 12.6. The Kier molecular flexibility index (Phi) is 6.82. The molecule has 1 atom stereocenters. The number of methoxy groups -OCH3 is 2. The van der Waals surface area contributed by atoms with Gasteiger partial charge in [-0.05, 0) is 48.4 Å². The van der Waals surface area contributed by atoms with Crippen LogP contribution in [0.15, 0.2) is 53.4 Å². The molecular weight excluding hydrogens is 380 g/mol. The van der Waals surface area contributed by atoms with E-state index in [1.54, 1.807) is 57.7 Å². The Balaban J connectivity index is 2.19. The van der Waals surface area contributed by atoms with Crippen LogP contribution in [0.5, 0.6) is 11.5 Å². The van der Waals surface area contributed by atoms with E-state index >= 15 is 0 Å². The number of sulfonamides is 1. The van der Waals surface area contributed by atoms with Crippen LogP contribution in [0.3, 0.4) is 0 Å². The van der Waals surface area contributed by atoms with E-state index in [0.29, 0.717) is 17.1 Å². The highest BCUT2D eigenvalue weighted by Gasteiger charge is 2.17. The minimum absolute atomic E-state index is 0.0108. The first kappa shape index (κ1) is 21.5. The maximum atomic E-state index is 12.6. The summed E-state index contributed by atoms with van der Waals surface area (Å²) in [5.41, 5.74) is 1.42. The molecule has 0 saturated heterocycles. The van der Waals surface area contributed by atoms with Crippen molar-refractivity contribution < 1.29 is 22.7 Å². The molecule has 2 aromatic carbocycles. The molecule has 0 aliphatic rings. The van der Waals surface area contributed by atoms with E-state index in [9.17, 15) is 13.2 Å². The largest absolute Gasteiger partial charge is 0.497 e. The average molecular weight is 404 g/mol. The van der Waals surface area contributed by atoms with Gasteiger partial charge in [0.15, 0.2) is 0 Å². The molecule has 0 aliphatic heterocycles. The van der Waals surface area contributed by atoms with E-state index in [-0.39, 0.29) is 16.8 Å². The number of primary sulfonamides is 1.